The fraction of sp³-hybridized carbons (Fsp3) is 0.222. The van der Waals surface area contributed by atoms with Gasteiger partial charge in [0.1, 0.15) is 6.04 Å². The summed E-state index contributed by atoms with van der Waals surface area (Å²) in [6, 6.07) is 14.0. The quantitative estimate of drug-likeness (QED) is 0.900. The number of para-hydroxylation sites is 1. The number of urea groups is 1. The molecule has 1 aliphatic rings. The number of benzene rings is 2. The number of anilines is 1. The number of likely N-dealkylation sites (N-methyl/N-ethyl adjacent to an activating group) is 1. The third-order valence-corrected chi connectivity index (χ3v) is 4.35. The van der Waals surface area contributed by atoms with Gasteiger partial charge in [0.15, 0.2) is 0 Å². The van der Waals surface area contributed by atoms with E-state index < -0.39 is 6.04 Å². The Morgan fingerprint density at radius 3 is 2.58 bits per heavy atom. The van der Waals surface area contributed by atoms with E-state index in [1.54, 1.807) is 19.2 Å². The van der Waals surface area contributed by atoms with E-state index in [4.69, 9.17) is 11.6 Å². The molecule has 6 heteroatoms. The molecule has 0 saturated heterocycles. The number of hydrogen-bond acceptors (Lipinski definition) is 2. The third kappa shape index (κ3) is 3.21. The number of carbonyl (C=O) groups is 2. The van der Waals surface area contributed by atoms with Crippen molar-refractivity contribution in [3.8, 4) is 0 Å². The Balaban J connectivity index is 1.77. The summed E-state index contributed by atoms with van der Waals surface area (Å²) in [6.45, 7) is 0.370. The molecule has 0 spiro atoms. The van der Waals surface area contributed by atoms with Crippen LogP contribution in [-0.2, 0) is 17.8 Å². The molecule has 1 atom stereocenters. The first-order valence-corrected chi connectivity index (χ1v) is 8.09. The van der Waals surface area contributed by atoms with Gasteiger partial charge in [-0.05, 0) is 29.3 Å². The molecule has 2 N–H and O–H groups in total. The first kappa shape index (κ1) is 16.3. The second-order valence-electron chi connectivity index (χ2n) is 5.62. The molecule has 2 aromatic carbocycles. The van der Waals surface area contributed by atoms with Crippen molar-refractivity contribution in [3.63, 3.8) is 0 Å². The highest BCUT2D eigenvalue weighted by Gasteiger charge is 2.37. The van der Waals surface area contributed by atoms with Gasteiger partial charge in [0.25, 0.3) is 0 Å². The molecule has 0 unspecified atom stereocenters. The number of halogens is 1. The van der Waals surface area contributed by atoms with E-state index in [0.29, 0.717) is 18.0 Å². The lowest BCUT2D eigenvalue weighted by molar-refractivity contribution is -0.121. The van der Waals surface area contributed by atoms with Crippen molar-refractivity contribution in [1.82, 2.24) is 10.6 Å². The number of rotatable bonds is 3. The number of hydrogen-bond donors (Lipinski definition) is 2. The lowest BCUT2D eigenvalue weighted by Crippen LogP contribution is -2.50. The molecule has 5 nitrogen and oxygen atoms in total. The van der Waals surface area contributed by atoms with Crippen molar-refractivity contribution in [1.29, 1.82) is 0 Å². The molecule has 0 bridgehead atoms. The van der Waals surface area contributed by atoms with Crippen molar-refractivity contribution < 1.29 is 9.59 Å². The van der Waals surface area contributed by atoms with Crippen LogP contribution in [0.5, 0.6) is 0 Å². The van der Waals surface area contributed by atoms with E-state index in [1.807, 2.05) is 36.4 Å². The molecule has 0 fully saturated rings. The molecule has 24 heavy (non-hydrogen) atoms. The van der Waals surface area contributed by atoms with Gasteiger partial charge in [0.2, 0.25) is 5.91 Å². The van der Waals surface area contributed by atoms with Gasteiger partial charge < -0.3 is 10.6 Å². The zero-order valence-electron chi connectivity index (χ0n) is 13.3. The molecule has 3 amide bonds. The Hall–Kier alpha value is -2.53. The van der Waals surface area contributed by atoms with E-state index in [0.717, 1.165) is 16.8 Å². The van der Waals surface area contributed by atoms with Crippen LogP contribution in [0.15, 0.2) is 48.5 Å². The van der Waals surface area contributed by atoms with Gasteiger partial charge >= 0.3 is 6.03 Å². The van der Waals surface area contributed by atoms with Gasteiger partial charge in [-0.15, -0.1) is 0 Å². The summed E-state index contributed by atoms with van der Waals surface area (Å²) in [4.78, 5) is 26.4. The molecule has 0 saturated carbocycles. The zero-order chi connectivity index (χ0) is 17.1. The molecule has 1 aliphatic heterocycles. The Morgan fingerprint density at radius 2 is 1.88 bits per heavy atom. The van der Waals surface area contributed by atoms with E-state index in [9.17, 15) is 9.59 Å². The van der Waals surface area contributed by atoms with Crippen LogP contribution in [0.1, 0.15) is 11.1 Å². The van der Waals surface area contributed by atoms with Crippen molar-refractivity contribution in [2.75, 3.05) is 11.9 Å². The predicted octanol–water partition coefficient (Wildman–Crippen LogP) is 2.73. The van der Waals surface area contributed by atoms with Gasteiger partial charge in [-0.2, -0.15) is 0 Å². The van der Waals surface area contributed by atoms with Crippen LogP contribution in [0.3, 0.4) is 0 Å². The van der Waals surface area contributed by atoms with Crippen molar-refractivity contribution in [2.45, 2.75) is 19.0 Å². The minimum atomic E-state index is -0.530. The Bertz CT molecular complexity index is 761. The molecule has 0 radical (unpaired) electrons. The fourth-order valence-corrected chi connectivity index (χ4v) is 3.00. The summed E-state index contributed by atoms with van der Waals surface area (Å²) in [5.41, 5.74) is 2.71. The standard InChI is InChI=1S/C18H18ClN3O2/c1-20-17(23)16-10-13-4-2-3-5-15(13)22(16)18(24)21-11-12-6-8-14(19)9-7-12/h2-9,16H,10-11H2,1H3,(H,20,23)(H,21,24)/t16-/m1/s1. The number of nitrogens with zero attached hydrogens (tertiary/aromatic N) is 1. The first-order chi connectivity index (χ1) is 11.6. The van der Waals surface area contributed by atoms with Crippen LogP contribution in [0.25, 0.3) is 0 Å². The largest absolute Gasteiger partial charge is 0.357 e. The Labute approximate surface area is 145 Å². The summed E-state index contributed by atoms with van der Waals surface area (Å²) in [5.74, 6) is -0.173. The Morgan fingerprint density at radius 1 is 1.17 bits per heavy atom. The van der Waals surface area contributed by atoms with Crippen LogP contribution in [0.4, 0.5) is 10.5 Å². The molecule has 1 heterocycles. The zero-order valence-corrected chi connectivity index (χ0v) is 14.0. The number of nitrogens with one attached hydrogen (secondary N) is 2. The van der Waals surface area contributed by atoms with Crippen LogP contribution in [-0.4, -0.2) is 25.0 Å². The van der Waals surface area contributed by atoms with E-state index in [-0.39, 0.29) is 11.9 Å². The van der Waals surface area contributed by atoms with Gasteiger partial charge in [-0.1, -0.05) is 41.9 Å². The maximum atomic E-state index is 12.7. The highest BCUT2D eigenvalue weighted by atomic mass is 35.5. The average Bonchev–Trinajstić information content (AvgIpc) is 3.00. The molecular weight excluding hydrogens is 326 g/mol. The van der Waals surface area contributed by atoms with E-state index in [2.05, 4.69) is 10.6 Å². The highest BCUT2D eigenvalue weighted by molar-refractivity contribution is 6.30. The monoisotopic (exact) mass is 343 g/mol. The van der Waals surface area contributed by atoms with Crippen molar-refractivity contribution >= 4 is 29.2 Å². The second kappa shape index (κ2) is 6.93. The van der Waals surface area contributed by atoms with Gasteiger partial charge in [0, 0.05) is 30.7 Å². The maximum absolute atomic E-state index is 12.7. The number of amides is 3. The summed E-state index contributed by atoms with van der Waals surface area (Å²) in [6.07, 6.45) is 0.518. The third-order valence-electron chi connectivity index (χ3n) is 4.10. The molecule has 2 aromatic rings. The fourth-order valence-electron chi connectivity index (χ4n) is 2.88. The smallest absolute Gasteiger partial charge is 0.322 e. The summed E-state index contributed by atoms with van der Waals surface area (Å²) in [5, 5.41) is 6.16. The summed E-state index contributed by atoms with van der Waals surface area (Å²) < 4.78 is 0. The van der Waals surface area contributed by atoms with Crippen molar-refractivity contribution in [2.24, 2.45) is 0 Å². The molecule has 0 aromatic heterocycles. The minimum Gasteiger partial charge on any atom is -0.357 e. The van der Waals surface area contributed by atoms with E-state index >= 15 is 0 Å². The lowest BCUT2D eigenvalue weighted by Gasteiger charge is -2.24. The summed E-state index contributed by atoms with van der Waals surface area (Å²) in [7, 11) is 1.58. The van der Waals surface area contributed by atoms with Crippen molar-refractivity contribution in [3.05, 3.63) is 64.7 Å². The van der Waals surface area contributed by atoms with Gasteiger partial charge in [0.05, 0.1) is 0 Å². The Kier molecular flexibility index (Phi) is 4.71. The van der Waals surface area contributed by atoms with Crippen LogP contribution >= 0.6 is 11.6 Å². The SMILES string of the molecule is CNC(=O)[C@H]1Cc2ccccc2N1C(=O)NCc1ccc(Cl)cc1. The number of carbonyl (C=O) groups excluding carboxylic acids is 2. The normalized spacial score (nSPS) is 15.8. The second-order valence-corrected chi connectivity index (χ2v) is 6.05. The predicted molar refractivity (Wildman–Crippen MR) is 94.2 cm³/mol. The van der Waals surface area contributed by atoms with Crippen LogP contribution in [0.2, 0.25) is 5.02 Å². The summed E-state index contributed by atoms with van der Waals surface area (Å²) >= 11 is 5.86. The molecule has 3 rings (SSSR count). The highest BCUT2D eigenvalue weighted by Crippen LogP contribution is 2.32. The first-order valence-electron chi connectivity index (χ1n) is 7.71. The molecule has 124 valence electrons. The average molecular weight is 344 g/mol. The number of fused-ring (bicyclic) bond motifs is 1. The molecule has 0 aliphatic carbocycles. The minimum absolute atomic E-state index is 0.173. The van der Waals surface area contributed by atoms with Gasteiger partial charge in [-0.3, -0.25) is 9.69 Å². The molecular formula is C18H18ClN3O2. The maximum Gasteiger partial charge on any atom is 0.322 e. The lowest BCUT2D eigenvalue weighted by atomic mass is 10.1. The van der Waals surface area contributed by atoms with Crippen LogP contribution < -0.4 is 15.5 Å². The van der Waals surface area contributed by atoms with E-state index in [1.165, 1.54) is 4.90 Å². The topological polar surface area (TPSA) is 61.4 Å². The van der Waals surface area contributed by atoms with Gasteiger partial charge in [-0.25, -0.2) is 4.79 Å². The van der Waals surface area contributed by atoms with Crippen LogP contribution in [0, 0.1) is 0 Å².